The van der Waals surface area contributed by atoms with E-state index >= 15 is 0 Å². The molecule has 0 aromatic heterocycles. The fourth-order valence-corrected chi connectivity index (χ4v) is 2.19. The van der Waals surface area contributed by atoms with E-state index < -0.39 is 5.97 Å². The minimum absolute atomic E-state index is 0.164. The van der Waals surface area contributed by atoms with Crippen molar-refractivity contribution in [2.24, 2.45) is 0 Å². The van der Waals surface area contributed by atoms with Gasteiger partial charge in [0.15, 0.2) is 11.5 Å². The zero-order valence-corrected chi connectivity index (χ0v) is 14.2. The van der Waals surface area contributed by atoms with Crippen LogP contribution in [0.4, 0.5) is 0 Å². The number of aryl methyl sites for hydroxylation is 2. The first-order valence-electron chi connectivity index (χ1n) is 7.84. The highest BCUT2D eigenvalue weighted by atomic mass is 16.5. The first kappa shape index (κ1) is 17.7. The van der Waals surface area contributed by atoms with Gasteiger partial charge >= 0.3 is 5.97 Å². The molecule has 0 saturated carbocycles. The average molecular weight is 330 g/mol. The molecule has 0 saturated heterocycles. The number of benzene rings is 2. The monoisotopic (exact) mass is 330 g/mol. The molecule has 0 spiro atoms. The van der Waals surface area contributed by atoms with Gasteiger partial charge in [-0.2, -0.15) is 0 Å². The van der Waals surface area contributed by atoms with Crippen molar-refractivity contribution in [2.75, 3.05) is 19.8 Å². The maximum Gasteiger partial charge on any atom is 0.335 e. The molecule has 0 fully saturated rings. The van der Waals surface area contributed by atoms with Gasteiger partial charge in [-0.15, -0.1) is 0 Å². The maximum atomic E-state index is 11.0. The van der Waals surface area contributed by atoms with E-state index in [-0.39, 0.29) is 5.56 Å². The van der Waals surface area contributed by atoms with Gasteiger partial charge in [-0.05, 0) is 56.2 Å². The van der Waals surface area contributed by atoms with Crippen molar-refractivity contribution in [2.45, 2.75) is 20.8 Å². The smallest absolute Gasteiger partial charge is 0.335 e. The Hall–Kier alpha value is -2.69. The van der Waals surface area contributed by atoms with Crippen LogP contribution in [0.25, 0.3) is 0 Å². The lowest BCUT2D eigenvalue weighted by atomic mass is 10.1. The zero-order chi connectivity index (χ0) is 17.5. The molecule has 2 aromatic rings. The Morgan fingerprint density at radius 1 is 0.917 bits per heavy atom. The molecule has 1 N–H and O–H groups in total. The highest BCUT2D eigenvalue weighted by molar-refractivity contribution is 5.88. The van der Waals surface area contributed by atoms with Crippen molar-refractivity contribution in [3.05, 3.63) is 53.1 Å². The fraction of sp³-hybridized carbons (Fsp3) is 0.316. The van der Waals surface area contributed by atoms with Crippen molar-refractivity contribution >= 4 is 5.97 Å². The molecule has 5 nitrogen and oxygen atoms in total. The molecule has 0 radical (unpaired) electrons. The molecular weight excluding hydrogens is 308 g/mol. The number of hydrogen-bond acceptors (Lipinski definition) is 4. The summed E-state index contributed by atoms with van der Waals surface area (Å²) in [7, 11) is 0. The van der Waals surface area contributed by atoms with Gasteiger partial charge in [0.25, 0.3) is 0 Å². The molecule has 0 unspecified atom stereocenters. The fourth-order valence-electron chi connectivity index (χ4n) is 2.19. The zero-order valence-electron chi connectivity index (χ0n) is 14.2. The lowest BCUT2D eigenvalue weighted by molar-refractivity contribution is 0.0696. The molecule has 0 atom stereocenters. The maximum absolute atomic E-state index is 11.0. The first-order valence-corrected chi connectivity index (χ1v) is 7.84. The third-order valence-electron chi connectivity index (χ3n) is 3.43. The summed E-state index contributed by atoms with van der Waals surface area (Å²) in [5.41, 5.74) is 2.37. The highest BCUT2D eigenvalue weighted by Crippen LogP contribution is 2.28. The molecule has 128 valence electrons. The standard InChI is InChI=1S/C19H22O5/c1-4-22-18-12-15(19(20)21)7-8-16(18)23-9-10-24-17-11-13(2)5-6-14(17)3/h5-8,11-12H,4,9-10H2,1-3H3,(H,20,21). The second-order valence-electron chi connectivity index (χ2n) is 5.37. The number of hydrogen-bond donors (Lipinski definition) is 1. The SMILES string of the molecule is CCOc1cc(C(=O)O)ccc1OCCOc1cc(C)ccc1C. The molecular formula is C19H22O5. The summed E-state index contributed by atoms with van der Waals surface area (Å²) >= 11 is 0. The van der Waals surface area contributed by atoms with Crippen LogP contribution in [0.1, 0.15) is 28.4 Å². The molecule has 5 heteroatoms. The third-order valence-corrected chi connectivity index (χ3v) is 3.43. The van der Waals surface area contributed by atoms with Gasteiger partial charge in [-0.3, -0.25) is 0 Å². The topological polar surface area (TPSA) is 65.0 Å². The van der Waals surface area contributed by atoms with Gasteiger partial charge in [-0.25, -0.2) is 4.79 Å². The van der Waals surface area contributed by atoms with Crippen LogP contribution in [-0.4, -0.2) is 30.9 Å². The Morgan fingerprint density at radius 3 is 2.29 bits per heavy atom. The lowest BCUT2D eigenvalue weighted by Crippen LogP contribution is -2.11. The molecule has 0 aliphatic carbocycles. The van der Waals surface area contributed by atoms with Crippen LogP contribution in [0, 0.1) is 13.8 Å². The summed E-state index contributed by atoms with van der Waals surface area (Å²) in [4.78, 5) is 11.0. The molecule has 0 aliphatic rings. The second-order valence-corrected chi connectivity index (χ2v) is 5.37. The number of carboxylic acids is 1. The predicted octanol–water partition coefficient (Wildman–Crippen LogP) is 3.86. The van der Waals surface area contributed by atoms with Crippen LogP contribution in [0.2, 0.25) is 0 Å². The normalized spacial score (nSPS) is 10.3. The Balaban J connectivity index is 1.96. The number of rotatable bonds is 8. The third kappa shape index (κ3) is 4.65. The Bertz CT molecular complexity index is 709. The van der Waals surface area contributed by atoms with E-state index in [0.717, 1.165) is 16.9 Å². The molecule has 24 heavy (non-hydrogen) atoms. The Morgan fingerprint density at radius 2 is 1.62 bits per heavy atom. The van der Waals surface area contributed by atoms with E-state index in [1.807, 2.05) is 39.0 Å². The quantitative estimate of drug-likeness (QED) is 0.745. The summed E-state index contributed by atoms with van der Waals surface area (Å²) in [6, 6.07) is 10.6. The molecule has 2 aromatic carbocycles. The van der Waals surface area contributed by atoms with Gasteiger partial charge in [0.2, 0.25) is 0 Å². The van der Waals surface area contributed by atoms with Crippen molar-refractivity contribution in [1.82, 2.24) is 0 Å². The average Bonchev–Trinajstić information content (AvgIpc) is 2.55. The van der Waals surface area contributed by atoms with Gasteiger partial charge in [0.1, 0.15) is 19.0 Å². The number of carboxylic acid groups (broad SMARTS) is 1. The second kappa shape index (κ2) is 8.24. The van der Waals surface area contributed by atoms with Crippen molar-refractivity contribution in [3.63, 3.8) is 0 Å². The van der Waals surface area contributed by atoms with E-state index in [0.29, 0.717) is 31.3 Å². The van der Waals surface area contributed by atoms with E-state index in [1.54, 1.807) is 6.07 Å². The summed E-state index contributed by atoms with van der Waals surface area (Å²) in [6.07, 6.45) is 0. The van der Waals surface area contributed by atoms with Crippen molar-refractivity contribution in [1.29, 1.82) is 0 Å². The number of aromatic carboxylic acids is 1. The molecule has 2 rings (SSSR count). The minimum Gasteiger partial charge on any atom is -0.490 e. The molecule has 0 bridgehead atoms. The van der Waals surface area contributed by atoms with Gasteiger partial charge in [0.05, 0.1) is 12.2 Å². The van der Waals surface area contributed by atoms with Crippen LogP contribution < -0.4 is 14.2 Å². The van der Waals surface area contributed by atoms with E-state index in [4.69, 9.17) is 19.3 Å². The Kier molecular flexibility index (Phi) is 6.07. The summed E-state index contributed by atoms with van der Waals surface area (Å²) in [5, 5.41) is 9.04. The van der Waals surface area contributed by atoms with Crippen LogP contribution in [-0.2, 0) is 0 Å². The summed E-state index contributed by atoms with van der Waals surface area (Å²) in [6.45, 7) is 6.99. The highest BCUT2D eigenvalue weighted by Gasteiger charge is 2.10. The van der Waals surface area contributed by atoms with E-state index in [2.05, 4.69) is 0 Å². The van der Waals surface area contributed by atoms with Gasteiger partial charge in [-0.1, -0.05) is 12.1 Å². The molecule has 0 aliphatic heterocycles. The van der Waals surface area contributed by atoms with E-state index in [9.17, 15) is 4.79 Å². The van der Waals surface area contributed by atoms with Crippen LogP contribution in [0.5, 0.6) is 17.2 Å². The van der Waals surface area contributed by atoms with E-state index in [1.165, 1.54) is 12.1 Å². The molecule has 0 heterocycles. The van der Waals surface area contributed by atoms with Crippen LogP contribution in [0.15, 0.2) is 36.4 Å². The summed E-state index contributed by atoms with van der Waals surface area (Å²) in [5.74, 6) is 0.765. The predicted molar refractivity (Wildman–Crippen MR) is 91.5 cm³/mol. The summed E-state index contributed by atoms with van der Waals surface area (Å²) < 4.78 is 16.9. The van der Waals surface area contributed by atoms with Crippen molar-refractivity contribution in [3.8, 4) is 17.2 Å². The number of carbonyl (C=O) groups is 1. The van der Waals surface area contributed by atoms with Crippen LogP contribution in [0.3, 0.4) is 0 Å². The largest absolute Gasteiger partial charge is 0.490 e. The van der Waals surface area contributed by atoms with Crippen molar-refractivity contribution < 1.29 is 24.1 Å². The van der Waals surface area contributed by atoms with Gasteiger partial charge in [0, 0.05) is 0 Å². The minimum atomic E-state index is -0.999. The van der Waals surface area contributed by atoms with Gasteiger partial charge < -0.3 is 19.3 Å². The van der Waals surface area contributed by atoms with Crippen LogP contribution >= 0.6 is 0 Å². The first-order chi connectivity index (χ1) is 11.5. The Labute approximate surface area is 141 Å². The molecule has 0 amide bonds. The number of ether oxygens (including phenoxy) is 3. The lowest BCUT2D eigenvalue weighted by Gasteiger charge is -2.14.